The molecule has 0 spiro atoms. The first-order valence-electron chi connectivity index (χ1n) is 13.1. The molecule has 0 fully saturated rings. The predicted octanol–water partition coefficient (Wildman–Crippen LogP) is 5.86. The standard InChI is InChI=1S/C31H35F3N2O3/c1-21-16-36(22(2)19-37)30(38)27-14-8-7-13-26(27)25-12-6-4-11-24(25)20-39-29(21)18-35(3)17-23-10-5-9-15-28(23)31(32,33)34/h4-15,21-22,29,37H,16-20H2,1-3H3/t21-,22-,29-/m1/s1. The smallest absolute Gasteiger partial charge is 0.394 e. The van der Waals surface area contributed by atoms with Crippen LogP contribution in [-0.2, 0) is 24.1 Å². The Balaban J connectivity index is 1.67. The van der Waals surface area contributed by atoms with E-state index in [2.05, 4.69) is 0 Å². The summed E-state index contributed by atoms with van der Waals surface area (Å²) in [5, 5.41) is 9.98. The van der Waals surface area contributed by atoms with Crippen LogP contribution in [0, 0.1) is 5.92 Å². The molecule has 0 radical (unpaired) electrons. The van der Waals surface area contributed by atoms with E-state index in [4.69, 9.17) is 4.74 Å². The molecule has 0 bridgehead atoms. The zero-order valence-electron chi connectivity index (χ0n) is 22.5. The molecule has 0 unspecified atom stereocenters. The summed E-state index contributed by atoms with van der Waals surface area (Å²) in [7, 11) is 1.78. The van der Waals surface area contributed by atoms with Gasteiger partial charge in [-0.05, 0) is 48.4 Å². The largest absolute Gasteiger partial charge is 0.416 e. The topological polar surface area (TPSA) is 53.0 Å². The van der Waals surface area contributed by atoms with Crippen LogP contribution >= 0.6 is 0 Å². The Morgan fingerprint density at radius 1 is 1.00 bits per heavy atom. The number of aliphatic hydroxyl groups excluding tert-OH is 1. The van der Waals surface area contributed by atoms with Crippen LogP contribution in [0.15, 0.2) is 72.8 Å². The Hall–Kier alpha value is -3.20. The van der Waals surface area contributed by atoms with E-state index in [0.29, 0.717) is 18.7 Å². The molecule has 1 aliphatic heterocycles. The maximum atomic E-state index is 13.9. The van der Waals surface area contributed by atoms with Gasteiger partial charge in [0, 0.05) is 31.1 Å². The summed E-state index contributed by atoms with van der Waals surface area (Å²) < 4.78 is 47.2. The molecule has 0 saturated carbocycles. The highest BCUT2D eigenvalue weighted by Gasteiger charge is 2.34. The number of fused-ring (bicyclic) bond motifs is 3. The van der Waals surface area contributed by atoms with Crippen molar-refractivity contribution in [1.29, 1.82) is 0 Å². The normalized spacial score (nSPS) is 19.3. The molecular formula is C31H35F3N2O3. The van der Waals surface area contributed by atoms with Crippen molar-refractivity contribution < 1.29 is 27.8 Å². The van der Waals surface area contributed by atoms with Crippen LogP contribution < -0.4 is 0 Å². The third-order valence-corrected chi connectivity index (χ3v) is 7.35. The molecule has 3 atom stereocenters. The Morgan fingerprint density at radius 2 is 1.62 bits per heavy atom. The molecule has 0 aromatic heterocycles. The van der Waals surface area contributed by atoms with Gasteiger partial charge in [-0.25, -0.2) is 0 Å². The van der Waals surface area contributed by atoms with Crippen LogP contribution in [0.25, 0.3) is 11.1 Å². The number of benzene rings is 3. The van der Waals surface area contributed by atoms with Crippen molar-refractivity contribution in [3.63, 3.8) is 0 Å². The van der Waals surface area contributed by atoms with Gasteiger partial charge < -0.3 is 14.7 Å². The first kappa shape index (κ1) is 28.8. The first-order chi connectivity index (χ1) is 18.6. The van der Waals surface area contributed by atoms with Gasteiger partial charge in [0.25, 0.3) is 5.91 Å². The van der Waals surface area contributed by atoms with E-state index in [1.165, 1.54) is 12.1 Å². The van der Waals surface area contributed by atoms with Crippen molar-refractivity contribution in [1.82, 2.24) is 9.80 Å². The van der Waals surface area contributed by atoms with Crippen LogP contribution in [0.2, 0.25) is 0 Å². The van der Waals surface area contributed by atoms with E-state index in [1.54, 1.807) is 31.0 Å². The maximum absolute atomic E-state index is 13.9. The van der Waals surface area contributed by atoms with Gasteiger partial charge in [0.2, 0.25) is 0 Å². The monoisotopic (exact) mass is 540 g/mol. The van der Waals surface area contributed by atoms with Crippen molar-refractivity contribution >= 4 is 5.91 Å². The van der Waals surface area contributed by atoms with E-state index in [-0.39, 0.29) is 43.3 Å². The van der Waals surface area contributed by atoms with Gasteiger partial charge in [-0.3, -0.25) is 9.69 Å². The van der Waals surface area contributed by atoms with Crippen molar-refractivity contribution in [3.8, 4) is 11.1 Å². The quantitative estimate of drug-likeness (QED) is 0.426. The second-order valence-corrected chi connectivity index (χ2v) is 10.4. The summed E-state index contributed by atoms with van der Waals surface area (Å²) in [6, 6.07) is 20.4. The van der Waals surface area contributed by atoms with Gasteiger partial charge >= 0.3 is 6.18 Å². The maximum Gasteiger partial charge on any atom is 0.416 e. The van der Waals surface area contributed by atoms with Crippen LogP contribution in [0.5, 0.6) is 0 Å². The number of rotatable bonds is 6. The minimum Gasteiger partial charge on any atom is -0.394 e. The molecule has 1 amide bonds. The van der Waals surface area contributed by atoms with Crippen LogP contribution in [0.1, 0.15) is 40.9 Å². The fourth-order valence-electron chi connectivity index (χ4n) is 5.15. The number of nitrogens with zero attached hydrogens (tertiary/aromatic N) is 2. The molecule has 8 heteroatoms. The third-order valence-electron chi connectivity index (χ3n) is 7.35. The molecule has 1 aliphatic rings. The van der Waals surface area contributed by atoms with E-state index in [1.807, 2.05) is 54.3 Å². The summed E-state index contributed by atoms with van der Waals surface area (Å²) in [5.74, 6) is -0.345. The van der Waals surface area contributed by atoms with Gasteiger partial charge in [-0.2, -0.15) is 13.2 Å². The van der Waals surface area contributed by atoms with Gasteiger partial charge in [0.15, 0.2) is 0 Å². The molecule has 3 aromatic carbocycles. The van der Waals surface area contributed by atoms with Gasteiger partial charge in [-0.15, -0.1) is 0 Å². The highest BCUT2D eigenvalue weighted by atomic mass is 19.4. The second kappa shape index (κ2) is 12.3. The molecule has 208 valence electrons. The molecule has 5 nitrogen and oxygen atoms in total. The number of hydrogen-bond donors (Lipinski definition) is 1. The zero-order valence-corrected chi connectivity index (χ0v) is 22.5. The zero-order chi connectivity index (χ0) is 28.2. The number of halogens is 3. The molecule has 0 aliphatic carbocycles. The van der Waals surface area contributed by atoms with E-state index in [0.717, 1.165) is 22.8 Å². The summed E-state index contributed by atoms with van der Waals surface area (Å²) >= 11 is 0. The first-order valence-corrected chi connectivity index (χ1v) is 13.1. The van der Waals surface area contributed by atoms with E-state index < -0.39 is 17.8 Å². The van der Waals surface area contributed by atoms with Crippen molar-refractivity contribution in [2.45, 2.75) is 45.3 Å². The van der Waals surface area contributed by atoms with E-state index >= 15 is 0 Å². The Morgan fingerprint density at radius 3 is 2.31 bits per heavy atom. The Bertz CT molecular complexity index is 1280. The van der Waals surface area contributed by atoms with Gasteiger partial charge in [0.1, 0.15) is 0 Å². The number of ether oxygens (including phenoxy) is 1. The number of alkyl halides is 3. The number of carbonyl (C=O) groups is 1. The van der Waals surface area contributed by atoms with Crippen molar-refractivity contribution in [2.24, 2.45) is 5.92 Å². The molecule has 4 rings (SSSR count). The van der Waals surface area contributed by atoms with Crippen LogP contribution in [0.3, 0.4) is 0 Å². The Kier molecular flexibility index (Phi) is 9.10. The predicted molar refractivity (Wildman–Crippen MR) is 145 cm³/mol. The summed E-state index contributed by atoms with van der Waals surface area (Å²) in [4.78, 5) is 17.4. The van der Waals surface area contributed by atoms with E-state index in [9.17, 15) is 23.1 Å². The van der Waals surface area contributed by atoms with Crippen LogP contribution in [-0.4, -0.2) is 59.7 Å². The third kappa shape index (κ3) is 6.69. The SMILES string of the molecule is C[C@@H]1CN([C@H](C)CO)C(=O)c2ccccc2-c2ccccc2CO[C@@H]1CN(C)Cc1ccccc1C(F)(F)F. The number of aliphatic hydroxyl groups is 1. The number of carbonyl (C=O) groups excluding carboxylic acids is 1. The Labute approximate surface area is 227 Å². The lowest BCUT2D eigenvalue weighted by atomic mass is 9.94. The summed E-state index contributed by atoms with van der Waals surface area (Å²) in [5.41, 5.74) is 2.71. The molecule has 39 heavy (non-hydrogen) atoms. The minimum absolute atomic E-state index is 0.0972. The molecule has 0 saturated heterocycles. The van der Waals surface area contributed by atoms with Crippen LogP contribution in [0.4, 0.5) is 13.2 Å². The second-order valence-electron chi connectivity index (χ2n) is 10.4. The highest BCUT2D eigenvalue weighted by molar-refractivity contribution is 6.01. The minimum atomic E-state index is -4.43. The lowest BCUT2D eigenvalue weighted by Gasteiger charge is -2.35. The fraction of sp³-hybridized carbons (Fsp3) is 0.387. The fourth-order valence-corrected chi connectivity index (χ4v) is 5.15. The summed E-state index contributed by atoms with van der Waals surface area (Å²) in [6.45, 7) is 4.65. The number of likely N-dealkylation sites (N-methyl/N-ethyl adjacent to an activating group) is 1. The molecular weight excluding hydrogens is 505 g/mol. The lowest BCUT2D eigenvalue weighted by Crippen LogP contribution is -2.47. The number of hydrogen-bond acceptors (Lipinski definition) is 4. The van der Waals surface area contributed by atoms with Gasteiger partial charge in [-0.1, -0.05) is 67.6 Å². The highest BCUT2D eigenvalue weighted by Crippen LogP contribution is 2.33. The lowest BCUT2D eigenvalue weighted by molar-refractivity contribution is -0.138. The average Bonchev–Trinajstić information content (AvgIpc) is 2.94. The van der Waals surface area contributed by atoms with Crippen molar-refractivity contribution in [3.05, 3.63) is 95.1 Å². The molecule has 1 N–H and O–H groups in total. The number of amides is 1. The average molecular weight is 541 g/mol. The van der Waals surface area contributed by atoms with Gasteiger partial charge in [0.05, 0.1) is 30.9 Å². The van der Waals surface area contributed by atoms with Crippen molar-refractivity contribution in [2.75, 3.05) is 26.7 Å². The summed E-state index contributed by atoms with van der Waals surface area (Å²) in [6.07, 6.45) is -4.82. The molecule has 3 aromatic rings. The molecule has 1 heterocycles.